The molecule has 0 radical (unpaired) electrons. The minimum Gasteiger partial charge on any atom is -0.325 e. The SMILES string of the molecule is CC(C)C[C@@H](N)C(=O)Nc1ccc(-c2cc(=O)[nH][nH]2)cc1. The number of carbonyl (C=O) groups excluding carboxylic acids is 1. The van der Waals surface area contributed by atoms with Crippen LogP contribution in [0.2, 0.25) is 0 Å². The van der Waals surface area contributed by atoms with Crippen molar-refractivity contribution < 1.29 is 4.79 Å². The molecule has 0 bridgehead atoms. The molecule has 0 fully saturated rings. The molecule has 0 saturated carbocycles. The Morgan fingerprint density at radius 2 is 1.90 bits per heavy atom. The number of benzene rings is 1. The summed E-state index contributed by atoms with van der Waals surface area (Å²) >= 11 is 0. The fraction of sp³-hybridized carbons (Fsp3) is 0.333. The molecule has 1 atom stereocenters. The molecule has 5 N–H and O–H groups in total. The van der Waals surface area contributed by atoms with Crippen LogP contribution in [0.5, 0.6) is 0 Å². The summed E-state index contributed by atoms with van der Waals surface area (Å²) in [5.41, 5.74) is 7.90. The van der Waals surface area contributed by atoms with Gasteiger partial charge in [0.2, 0.25) is 5.91 Å². The van der Waals surface area contributed by atoms with Gasteiger partial charge in [0, 0.05) is 11.8 Å². The van der Waals surface area contributed by atoms with Crippen LogP contribution in [-0.2, 0) is 4.79 Å². The highest BCUT2D eigenvalue weighted by molar-refractivity contribution is 5.94. The Balaban J connectivity index is 2.02. The van der Waals surface area contributed by atoms with Crippen molar-refractivity contribution in [2.75, 3.05) is 5.32 Å². The van der Waals surface area contributed by atoms with Crippen molar-refractivity contribution in [1.82, 2.24) is 10.2 Å². The second-order valence-electron chi connectivity index (χ2n) is 5.47. The van der Waals surface area contributed by atoms with Crippen molar-refractivity contribution in [2.24, 2.45) is 11.7 Å². The number of aromatic amines is 2. The maximum Gasteiger partial charge on any atom is 0.264 e. The van der Waals surface area contributed by atoms with Crippen molar-refractivity contribution in [3.8, 4) is 11.3 Å². The zero-order valence-corrected chi connectivity index (χ0v) is 12.1. The van der Waals surface area contributed by atoms with Gasteiger partial charge in [-0.05, 0) is 30.0 Å². The third kappa shape index (κ3) is 4.06. The van der Waals surface area contributed by atoms with Gasteiger partial charge in [-0.15, -0.1) is 0 Å². The fourth-order valence-electron chi connectivity index (χ4n) is 2.07. The van der Waals surface area contributed by atoms with Crippen LogP contribution in [0.1, 0.15) is 20.3 Å². The average molecular weight is 288 g/mol. The molecule has 1 aromatic heterocycles. The topological polar surface area (TPSA) is 104 Å². The number of carbonyl (C=O) groups is 1. The minimum atomic E-state index is -0.509. The third-order valence-electron chi connectivity index (χ3n) is 3.12. The van der Waals surface area contributed by atoms with E-state index >= 15 is 0 Å². The Bertz CT molecular complexity index is 655. The summed E-state index contributed by atoms with van der Waals surface area (Å²) in [7, 11) is 0. The molecule has 112 valence electrons. The minimum absolute atomic E-state index is 0.179. The Labute approximate surface area is 122 Å². The summed E-state index contributed by atoms with van der Waals surface area (Å²) in [5.74, 6) is 0.185. The third-order valence-corrected chi connectivity index (χ3v) is 3.12. The molecule has 2 rings (SSSR count). The summed E-state index contributed by atoms with van der Waals surface area (Å²) in [4.78, 5) is 23.0. The normalized spacial score (nSPS) is 12.4. The molecular formula is C15H20N4O2. The van der Waals surface area contributed by atoms with Crippen molar-refractivity contribution in [3.63, 3.8) is 0 Å². The Morgan fingerprint density at radius 3 is 2.43 bits per heavy atom. The number of nitrogens with two attached hydrogens (primary N) is 1. The van der Waals surface area contributed by atoms with Gasteiger partial charge in [-0.3, -0.25) is 19.8 Å². The molecular weight excluding hydrogens is 268 g/mol. The second kappa shape index (κ2) is 6.41. The van der Waals surface area contributed by atoms with E-state index in [2.05, 4.69) is 15.5 Å². The number of hydrogen-bond acceptors (Lipinski definition) is 3. The van der Waals surface area contributed by atoms with Crippen LogP contribution < -0.4 is 16.6 Å². The van der Waals surface area contributed by atoms with Gasteiger partial charge in [0.25, 0.3) is 5.56 Å². The molecule has 0 saturated heterocycles. The van der Waals surface area contributed by atoms with Crippen LogP contribution in [0.25, 0.3) is 11.3 Å². The van der Waals surface area contributed by atoms with Crippen LogP contribution in [0.3, 0.4) is 0 Å². The molecule has 2 aromatic rings. The Hall–Kier alpha value is -2.34. The largest absolute Gasteiger partial charge is 0.325 e. The molecule has 1 heterocycles. The van der Waals surface area contributed by atoms with E-state index in [-0.39, 0.29) is 11.5 Å². The highest BCUT2D eigenvalue weighted by atomic mass is 16.2. The van der Waals surface area contributed by atoms with Gasteiger partial charge < -0.3 is 11.1 Å². The van der Waals surface area contributed by atoms with Crippen LogP contribution in [0.15, 0.2) is 35.1 Å². The first-order chi connectivity index (χ1) is 9.95. The smallest absolute Gasteiger partial charge is 0.264 e. The molecule has 0 aliphatic heterocycles. The lowest BCUT2D eigenvalue weighted by Gasteiger charge is -2.14. The first kappa shape index (κ1) is 15.1. The van der Waals surface area contributed by atoms with E-state index in [9.17, 15) is 9.59 Å². The van der Waals surface area contributed by atoms with E-state index in [0.717, 1.165) is 5.56 Å². The number of rotatable bonds is 5. The predicted molar refractivity (Wildman–Crippen MR) is 82.9 cm³/mol. The summed E-state index contributed by atoms with van der Waals surface area (Å²) in [6.07, 6.45) is 0.647. The zero-order chi connectivity index (χ0) is 15.4. The lowest BCUT2D eigenvalue weighted by molar-refractivity contribution is -0.117. The maximum absolute atomic E-state index is 11.9. The molecule has 1 aromatic carbocycles. The van der Waals surface area contributed by atoms with Gasteiger partial charge in [-0.1, -0.05) is 26.0 Å². The molecule has 0 spiro atoms. The number of H-pyrrole nitrogens is 2. The van der Waals surface area contributed by atoms with Gasteiger partial charge in [-0.2, -0.15) is 0 Å². The lowest BCUT2D eigenvalue weighted by atomic mass is 10.0. The van der Waals surface area contributed by atoms with Gasteiger partial charge >= 0.3 is 0 Å². The molecule has 21 heavy (non-hydrogen) atoms. The number of hydrogen-bond donors (Lipinski definition) is 4. The van der Waals surface area contributed by atoms with Gasteiger partial charge in [0.05, 0.1) is 11.7 Å². The summed E-state index contributed by atoms with van der Waals surface area (Å²) in [5, 5.41) is 8.04. The number of amides is 1. The average Bonchev–Trinajstić information content (AvgIpc) is 2.85. The van der Waals surface area contributed by atoms with E-state index in [1.54, 1.807) is 12.1 Å². The fourth-order valence-corrected chi connectivity index (χ4v) is 2.07. The van der Waals surface area contributed by atoms with Crippen LogP contribution in [0.4, 0.5) is 5.69 Å². The van der Waals surface area contributed by atoms with E-state index < -0.39 is 6.04 Å². The molecule has 6 heteroatoms. The lowest BCUT2D eigenvalue weighted by Crippen LogP contribution is -2.36. The maximum atomic E-state index is 11.9. The van der Waals surface area contributed by atoms with Crippen LogP contribution in [0, 0.1) is 5.92 Å². The molecule has 0 unspecified atom stereocenters. The highest BCUT2D eigenvalue weighted by Gasteiger charge is 2.15. The monoisotopic (exact) mass is 288 g/mol. The van der Waals surface area contributed by atoms with Crippen LogP contribution in [-0.4, -0.2) is 22.1 Å². The van der Waals surface area contributed by atoms with Crippen molar-refractivity contribution in [1.29, 1.82) is 0 Å². The van der Waals surface area contributed by atoms with E-state index in [0.29, 0.717) is 23.7 Å². The number of nitrogens with one attached hydrogen (secondary N) is 3. The standard InChI is InChI=1S/C15H20N4O2/c1-9(2)7-12(16)15(21)17-11-5-3-10(4-6-11)13-8-14(20)19-18-13/h3-6,8-9,12H,7,16H2,1-2H3,(H,17,21)(H2,18,19,20)/t12-/m1/s1. The Kier molecular flexibility index (Phi) is 4.59. The first-order valence-electron chi connectivity index (χ1n) is 6.90. The van der Waals surface area contributed by atoms with Crippen molar-refractivity contribution in [3.05, 3.63) is 40.7 Å². The van der Waals surface area contributed by atoms with Crippen molar-refractivity contribution >= 4 is 11.6 Å². The van der Waals surface area contributed by atoms with Gasteiger partial charge in [0.15, 0.2) is 0 Å². The van der Waals surface area contributed by atoms with E-state index in [1.807, 2.05) is 26.0 Å². The highest BCUT2D eigenvalue weighted by Crippen LogP contribution is 2.18. The van der Waals surface area contributed by atoms with E-state index in [4.69, 9.17) is 5.73 Å². The molecule has 1 amide bonds. The van der Waals surface area contributed by atoms with Gasteiger partial charge in [-0.25, -0.2) is 0 Å². The molecule has 0 aliphatic rings. The van der Waals surface area contributed by atoms with Crippen molar-refractivity contribution in [2.45, 2.75) is 26.3 Å². The summed E-state index contributed by atoms with van der Waals surface area (Å²) < 4.78 is 0. The number of anilines is 1. The van der Waals surface area contributed by atoms with Crippen LogP contribution >= 0.6 is 0 Å². The number of aromatic nitrogens is 2. The summed E-state index contributed by atoms with van der Waals surface area (Å²) in [6, 6.07) is 8.17. The summed E-state index contributed by atoms with van der Waals surface area (Å²) in [6.45, 7) is 4.05. The first-order valence-corrected chi connectivity index (χ1v) is 6.90. The predicted octanol–water partition coefficient (Wildman–Crippen LogP) is 1.68. The second-order valence-corrected chi connectivity index (χ2v) is 5.47. The molecule has 6 nitrogen and oxygen atoms in total. The zero-order valence-electron chi connectivity index (χ0n) is 12.1. The Morgan fingerprint density at radius 1 is 1.24 bits per heavy atom. The van der Waals surface area contributed by atoms with Gasteiger partial charge in [0.1, 0.15) is 0 Å². The molecule has 0 aliphatic carbocycles. The quantitative estimate of drug-likeness (QED) is 0.673. The van der Waals surface area contributed by atoms with E-state index in [1.165, 1.54) is 6.07 Å².